The number of hydrogen-bond donors (Lipinski definition) is 1. The molecule has 2 heterocycles. The summed E-state index contributed by atoms with van der Waals surface area (Å²) < 4.78 is 27.4. The van der Waals surface area contributed by atoms with Gasteiger partial charge in [-0.25, -0.2) is 8.42 Å². The van der Waals surface area contributed by atoms with E-state index in [1.54, 1.807) is 0 Å². The Balaban J connectivity index is 2.20. The average molecular weight is 382 g/mol. The normalized spacial score (nSPS) is 20.9. The molecule has 0 saturated carbocycles. The van der Waals surface area contributed by atoms with E-state index in [4.69, 9.17) is 11.6 Å². The van der Waals surface area contributed by atoms with Gasteiger partial charge in [0.25, 0.3) is 0 Å². The minimum absolute atomic E-state index is 0.0265. The largest absolute Gasteiger partial charge is 0.298 e. The number of fused-ring (bicyclic) bond motifs is 1. The van der Waals surface area contributed by atoms with Crippen LogP contribution in [0.4, 0.5) is 0 Å². The summed E-state index contributed by atoms with van der Waals surface area (Å²) in [5.74, 6) is -0.727. The summed E-state index contributed by atoms with van der Waals surface area (Å²) in [6, 6.07) is 3.54. The monoisotopic (exact) mass is 381 g/mol. The third-order valence-corrected chi connectivity index (χ3v) is 6.39. The maximum Gasteiger partial charge on any atom is 0.244 e. The number of nitrogens with one attached hydrogen (secondary N) is 1. The van der Waals surface area contributed by atoms with Gasteiger partial charge in [-0.1, -0.05) is 11.6 Å². The van der Waals surface area contributed by atoms with Crippen LogP contribution in [0.15, 0.2) is 35.4 Å². The maximum absolute atomic E-state index is 13.2. The number of hydrogen-bond acceptors (Lipinski definition) is 5. The molecule has 2 unspecified atom stereocenters. The average Bonchev–Trinajstić information content (AvgIpc) is 3.01. The highest BCUT2D eigenvalue weighted by atomic mass is 35.5. The Hall–Kier alpha value is -2.03. The molecule has 132 valence electrons. The molecule has 3 rings (SSSR count). The molecule has 0 fully saturated rings. The lowest BCUT2D eigenvalue weighted by Crippen LogP contribution is -2.52. The van der Waals surface area contributed by atoms with Gasteiger partial charge in [0.15, 0.2) is 5.78 Å². The van der Waals surface area contributed by atoms with Crippen molar-refractivity contribution in [1.29, 1.82) is 0 Å². The second-order valence-corrected chi connectivity index (χ2v) is 8.22. The quantitative estimate of drug-likeness (QED) is 0.871. The topological polar surface area (TPSA) is 100 Å². The first-order valence-electron chi connectivity index (χ1n) is 7.55. The van der Waals surface area contributed by atoms with E-state index in [-0.39, 0.29) is 22.9 Å². The zero-order chi connectivity index (χ0) is 18.4. The Labute approximate surface area is 150 Å². The van der Waals surface area contributed by atoms with Gasteiger partial charge in [0.2, 0.25) is 10.0 Å². The van der Waals surface area contributed by atoms with Crippen LogP contribution in [-0.4, -0.2) is 40.5 Å². The highest BCUT2D eigenvalue weighted by Crippen LogP contribution is 2.37. The van der Waals surface area contributed by atoms with E-state index < -0.39 is 22.1 Å². The molecule has 2 aromatic rings. The summed E-state index contributed by atoms with van der Waals surface area (Å²) in [5.41, 5.74) is 1.07. The molecular formula is C16H16ClN3O4S. The van der Waals surface area contributed by atoms with Crippen molar-refractivity contribution in [2.45, 2.75) is 37.2 Å². The summed E-state index contributed by atoms with van der Waals surface area (Å²) >= 11 is 5.83. The molecule has 0 bridgehead atoms. The number of carbonyl (C=O) groups is 2. The van der Waals surface area contributed by atoms with Crippen LogP contribution in [0.1, 0.15) is 31.1 Å². The summed E-state index contributed by atoms with van der Waals surface area (Å²) in [6.45, 7) is 2.61. The Morgan fingerprint density at radius 1 is 1.20 bits per heavy atom. The fraction of sp³-hybridized carbons (Fsp3) is 0.312. The molecule has 1 N–H and O–H groups in total. The zero-order valence-electron chi connectivity index (χ0n) is 13.6. The van der Waals surface area contributed by atoms with Gasteiger partial charge >= 0.3 is 0 Å². The number of halogens is 1. The number of H-pyrrole nitrogens is 1. The Kier molecular flexibility index (Phi) is 4.52. The van der Waals surface area contributed by atoms with Crippen molar-refractivity contribution in [3.8, 4) is 0 Å². The highest BCUT2D eigenvalue weighted by Gasteiger charge is 2.47. The first-order valence-corrected chi connectivity index (χ1v) is 9.37. The van der Waals surface area contributed by atoms with Gasteiger partial charge in [0.05, 0.1) is 17.1 Å². The Morgan fingerprint density at radius 3 is 2.40 bits per heavy atom. The summed E-state index contributed by atoms with van der Waals surface area (Å²) in [7, 11) is -4.10. The van der Waals surface area contributed by atoms with Crippen molar-refractivity contribution in [2.75, 3.05) is 0 Å². The van der Waals surface area contributed by atoms with Gasteiger partial charge in [-0.05, 0) is 38.1 Å². The third kappa shape index (κ3) is 3.01. The number of Topliss-reactive ketones (excluding diaryl/α,β-unsaturated/α-hetero) is 2. The van der Waals surface area contributed by atoms with Gasteiger partial charge in [0.1, 0.15) is 11.8 Å². The summed E-state index contributed by atoms with van der Waals surface area (Å²) in [6.07, 6.45) is 1.57. The molecule has 1 aliphatic rings. The molecule has 1 aromatic carbocycles. The number of ketones is 2. The van der Waals surface area contributed by atoms with E-state index >= 15 is 0 Å². The smallest absolute Gasteiger partial charge is 0.244 e. The SMILES string of the molecule is CC(=O)C1Cc2[nH]ncc2C(C(C)=O)N1S(=O)(=O)c1ccc(Cl)cc1. The molecule has 0 radical (unpaired) electrons. The predicted octanol–water partition coefficient (Wildman–Crippen LogP) is 1.90. The van der Waals surface area contributed by atoms with Crippen molar-refractivity contribution < 1.29 is 18.0 Å². The molecule has 0 spiro atoms. The van der Waals surface area contributed by atoms with Crippen LogP contribution in [-0.2, 0) is 26.0 Å². The van der Waals surface area contributed by atoms with E-state index in [1.165, 1.54) is 44.3 Å². The molecule has 2 atom stereocenters. The van der Waals surface area contributed by atoms with E-state index in [0.717, 1.165) is 4.31 Å². The predicted molar refractivity (Wildman–Crippen MR) is 90.7 cm³/mol. The molecule has 1 aromatic heterocycles. The molecule has 9 heteroatoms. The van der Waals surface area contributed by atoms with E-state index in [1.807, 2.05) is 0 Å². The summed E-state index contributed by atoms with van der Waals surface area (Å²) in [4.78, 5) is 24.4. The van der Waals surface area contributed by atoms with Gasteiger partial charge in [-0.3, -0.25) is 14.7 Å². The molecule has 0 aliphatic carbocycles. The fourth-order valence-corrected chi connectivity index (χ4v) is 5.02. The van der Waals surface area contributed by atoms with Gasteiger partial charge in [-0.2, -0.15) is 9.40 Å². The fourth-order valence-electron chi connectivity index (χ4n) is 3.08. The van der Waals surface area contributed by atoms with Crippen molar-refractivity contribution in [1.82, 2.24) is 14.5 Å². The minimum Gasteiger partial charge on any atom is -0.298 e. The molecule has 0 saturated heterocycles. The van der Waals surface area contributed by atoms with Gasteiger partial charge in [0, 0.05) is 22.7 Å². The Morgan fingerprint density at radius 2 is 1.84 bits per heavy atom. The van der Waals surface area contributed by atoms with Gasteiger partial charge < -0.3 is 0 Å². The molecule has 0 amide bonds. The van der Waals surface area contributed by atoms with Crippen LogP contribution in [0.2, 0.25) is 5.02 Å². The van der Waals surface area contributed by atoms with E-state index in [9.17, 15) is 18.0 Å². The number of aromatic nitrogens is 2. The third-order valence-electron chi connectivity index (χ3n) is 4.25. The van der Waals surface area contributed by atoms with Crippen molar-refractivity contribution in [3.63, 3.8) is 0 Å². The van der Waals surface area contributed by atoms with Crippen LogP contribution in [0.3, 0.4) is 0 Å². The number of rotatable bonds is 4. The number of sulfonamides is 1. The lowest BCUT2D eigenvalue weighted by molar-refractivity contribution is -0.125. The van der Waals surface area contributed by atoms with Gasteiger partial charge in [-0.15, -0.1) is 0 Å². The van der Waals surface area contributed by atoms with E-state index in [0.29, 0.717) is 16.3 Å². The van der Waals surface area contributed by atoms with Crippen molar-refractivity contribution in [2.24, 2.45) is 0 Å². The second-order valence-electron chi connectivity index (χ2n) is 5.94. The number of nitrogens with zero attached hydrogens (tertiary/aromatic N) is 2. The molecule has 1 aliphatic heterocycles. The van der Waals surface area contributed by atoms with Crippen molar-refractivity contribution in [3.05, 3.63) is 46.7 Å². The second kappa shape index (κ2) is 6.36. The van der Waals surface area contributed by atoms with Crippen LogP contribution in [0, 0.1) is 0 Å². The first-order chi connectivity index (χ1) is 11.7. The van der Waals surface area contributed by atoms with Crippen LogP contribution in [0.25, 0.3) is 0 Å². The highest BCUT2D eigenvalue weighted by molar-refractivity contribution is 7.89. The summed E-state index contributed by atoms with van der Waals surface area (Å²) in [5, 5.41) is 7.05. The lowest BCUT2D eigenvalue weighted by Gasteiger charge is -2.38. The van der Waals surface area contributed by atoms with Crippen LogP contribution < -0.4 is 0 Å². The molecule has 7 nitrogen and oxygen atoms in total. The van der Waals surface area contributed by atoms with E-state index in [2.05, 4.69) is 10.2 Å². The number of benzene rings is 1. The van der Waals surface area contributed by atoms with Crippen LogP contribution >= 0.6 is 11.6 Å². The molecular weight excluding hydrogens is 366 g/mol. The zero-order valence-corrected chi connectivity index (χ0v) is 15.1. The van der Waals surface area contributed by atoms with Crippen LogP contribution in [0.5, 0.6) is 0 Å². The number of aromatic amines is 1. The molecule has 25 heavy (non-hydrogen) atoms. The first kappa shape index (κ1) is 17.8. The number of carbonyl (C=O) groups excluding carboxylic acids is 2. The maximum atomic E-state index is 13.2. The van der Waals surface area contributed by atoms with Crippen molar-refractivity contribution >= 4 is 33.2 Å². The standard InChI is InChI=1S/C16H16ClN3O4S/c1-9(21)15-7-14-13(8-18-19-14)16(10(2)22)20(15)25(23,24)12-5-3-11(17)4-6-12/h3-6,8,15-16H,7H2,1-2H3,(H,18,19). The Bertz CT molecular complexity index is 937. The lowest BCUT2D eigenvalue weighted by atomic mass is 9.92. The minimum atomic E-state index is -4.10.